The number of nitrogens with zero attached hydrogens (tertiary/aromatic N) is 1. The number of thioether (sulfide) groups is 1. The van der Waals surface area contributed by atoms with Crippen LogP contribution in [-0.4, -0.2) is 10.1 Å². The SMILES string of the molecule is CC1(C)Oc2c(cccc2-c2cc(N)no2)S1. The van der Waals surface area contributed by atoms with E-state index in [0.29, 0.717) is 11.6 Å². The molecule has 1 aromatic carbocycles. The molecule has 2 N–H and O–H groups in total. The second-order valence-electron chi connectivity index (χ2n) is 4.35. The van der Waals surface area contributed by atoms with Crippen molar-refractivity contribution in [2.45, 2.75) is 23.7 Å². The molecule has 0 atom stereocenters. The number of benzene rings is 1. The largest absolute Gasteiger partial charge is 0.475 e. The molecular formula is C12H12N2O2S. The summed E-state index contributed by atoms with van der Waals surface area (Å²) in [6.45, 7) is 4.08. The van der Waals surface area contributed by atoms with Gasteiger partial charge in [-0.1, -0.05) is 23.0 Å². The van der Waals surface area contributed by atoms with E-state index in [9.17, 15) is 0 Å². The van der Waals surface area contributed by atoms with Gasteiger partial charge in [-0.15, -0.1) is 0 Å². The summed E-state index contributed by atoms with van der Waals surface area (Å²) in [7, 11) is 0. The molecule has 1 aliphatic heterocycles. The van der Waals surface area contributed by atoms with Crippen molar-refractivity contribution < 1.29 is 9.26 Å². The molecule has 4 nitrogen and oxygen atoms in total. The average Bonchev–Trinajstić information content (AvgIpc) is 2.78. The van der Waals surface area contributed by atoms with Gasteiger partial charge in [0.15, 0.2) is 16.5 Å². The Kier molecular flexibility index (Phi) is 2.13. The highest BCUT2D eigenvalue weighted by molar-refractivity contribution is 8.00. The Morgan fingerprint density at radius 1 is 1.35 bits per heavy atom. The van der Waals surface area contributed by atoms with Crippen LogP contribution < -0.4 is 10.5 Å². The first-order chi connectivity index (χ1) is 8.05. The summed E-state index contributed by atoms with van der Waals surface area (Å²) in [5.74, 6) is 1.86. The van der Waals surface area contributed by atoms with Crippen molar-refractivity contribution in [3.63, 3.8) is 0 Å². The maximum Gasteiger partial charge on any atom is 0.172 e. The highest BCUT2D eigenvalue weighted by atomic mass is 32.2. The normalized spacial score (nSPS) is 16.6. The summed E-state index contributed by atoms with van der Waals surface area (Å²) in [5.41, 5.74) is 6.46. The number of fused-ring (bicyclic) bond motifs is 1. The van der Waals surface area contributed by atoms with Gasteiger partial charge in [0, 0.05) is 6.07 Å². The van der Waals surface area contributed by atoms with Gasteiger partial charge in [0.05, 0.1) is 10.5 Å². The Labute approximate surface area is 103 Å². The number of rotatable bonds is 1. The zero-order chi connectivity index (χ0) is 12.0. The molecule has 0 saturated carbocycles. The minimum Gasteiger partial charge on any atom is -0.475 e. The van der Waals surface area contributed by atoms with Crippen LogP contribution >= 0.6 is 11.8 Å². The summed E-state index contributed by atoms with van der Waals surface area (Å²) >= 11 is 1.69. The van der Waals surface area contributed by atoms with E-state index < -0.39 is 0 Å². The van der Waals surface area contributed by atoms with Gasteiger partial charge in [0.2, 0.25) is 0 Å². The molecule has 88 valence electrons. The van der Waals surface area contributed by atoms with Crippen molar-refractivity contribution in [2.24, 2.45) is 0 Å². The van der Waals surface area contributed by atoms with Crippen molar-refractivity contribution in [1.29, 1.82) is 0 Å². The van der Waals surface area contributed by atoms with Crippen molar-refractivity contribution >= 4 is 17.6 Å². The first-order valence-electron chi connectivity index (χ1n) is 5.29. The van der Waals surface area contributed by atoms with Gasteiger partial charge in [0.25, 0.3) is 0 Å². The smallest absolute Gasteiger partial charge is 0.172 e. The molecule has 5 heteroatoms. The number of aromatic nitrogens is 1. The van der Waals surface area contributed by atoms with Gasteiger partial charge < -0.3 is 15.0 Å². The van der Waals surface area contributed by atoms with Crippen LogP contribution in [0, 0.1) is 0 Å². The van der Waals surface area contributed by atoms with E-state index in [1.807, 2.05) is 32.0 Å². The Morgan fingerprint density at radius 2 is 2.18 bits per heavy atom. The number of nitrogens with two attached hydrogens (primary N) is 1. The van der Waals surface area contributed by atoms with Crippen LogP contribution in [0.15, 0.2) is 33.7 Å². The average molecular weight is 248 g/mol. The summed E-state index contributed by atoms with van der Waals surface area (Å²) in [4.78, 5) is 0.867. The quantitative estimate of drug-likeness (QED) is 0.840. The topological polar surface area (TPSA) is 61.3 Å². The van der Waals surface area contributed by atoms with Crippen LogP contribution in [0.2, 0.25) is 0 Å². The third-order valence-electron chi connectivity index (χ3n) is 2.48. The molecule has 0 amide bonds. The van der Waals surface area contributed by atoms with Crippen LogP contribution in [-0.2, 0) is 0 Å². The molecule has 2 heterocycles. The van der Waals surface area contributed by atoms with Gasteiger partial charge in [-0.2, -0.15) is 0 Å². The molecule has 0 bridgehead atoms. The molecule has 17 heavy (non-hydrogen) atoms. The molecule has 0 aliphatic carbocycles. The molecule has 2 aromatic rings. The Bertz CT molecular complexity index is 578. The number of anilines is 1. The zero-order valence-electron chi connectivity index (χ0n) is 9.56. The number of hydrogen-bond acceptors (Lipinski definition) is 5. The van der Waals surface area contributed by atoms with Gasteiger partial charge >= 0.3 is 0 Å². The molecule has 0 radical (unpaired) electrons. The highest BCUT2D eigenvalue weighted by Gasteiger charge is 2.33. The van der Waals surface area contributed by atoms with E-state index in [4.69, 9.17) is 15.0 Å². The van der Waals surface area contributed by atoms with Crippen LogP contribution in [0.5, 0.6) is 5.75 Å². The van der Waals surface area contributed by atoms with E-state index in [2.05, 4.69) is 5.16 Å². The maximum atomic E-state index is 5.92. The fourth-order valence-electron chi connectivity index (χ4n) is 1.84. The van der Waals surface area contributed by atoms with Crippen molar-refractivity contribution in [2.75, 3.05) is 5.73 Å². The number of ether oxygens (including phenoxy) is 1. The van der Waals surface area contributed by atoms with Crippen LogP contribution in [0.4, 0.5) is 5.82 Å². The summed E-state index contributed by atoms with van der Waals surface area (Å²) in [6, 6.07) is 7.66. The van der Waals surface area contributed by atoms with Gasteiger partial charge in [-0.3, -0.25) is 0 Å². The summed E-state index contributed by atoms with van der Waals surface area (Å²) < 4.78 is 11.1. The lowest BCUT2D eigenvalue weighted by Gasteiger charge is -2.16. The maximum absolute atomic E-state index is 5.92. The predicted molar refractivity (Wildman–Crippen MR) is 66.9 cm³/mol. The van der Waals surface area contributed by atoms with E-state index in [-0.39, 0.29) is 4.93 Å². The molecular weight excluding hydrogens is 236 g/mol. The fraction of sp³-hybridized carbons (Fsp3) is 0.250. The summed E-state index contributed by atoms with van der Waals surface area (Å²) in [5, 5.41) is 3.70. The van der Waals surface area contributed by atoms with E-state index in [1.165, 1.54) is 0 Å². The Hall–Kier alpha value is -1.62. The zero-order valence-corrected chi connectivity index (χ0v) is 10.4. The number of para-hydroxylation sites is 1. The Morgan fingerprint density at radius 3 is 2.88 bits per heavy atom. The monoisotopic (exact) mass is 248 g/mol. The second kappa shape index (κ2) is 3.43. The van der Waals surface area contributed by atoms with E-state index >= 15 is 0 Å². The highest BCUT2D eigenvalue weighted by Crippen LogP contribution is 2.51. The molecule has 1 aromatic heterocycles. The van der Waals surface area contributed by atoms with E-state index in [1.54, 1.807) is 17.8 Å². The molecule has 3 rings (SSSR count). The lowest BCUT2D eigenvalue weighted by Crippen LogP contribution is -2.18. The minimum atomic E-state index is -0.246. The van der Waals surface area contributed by atoms with Gasteiger partial charge in [0.1, 0.15) is 5.75 Å². The standard InChI is InChI=1S/C12H12N2O2S/c1-12(2)15-11-7(4-3-5-9(11)17-12)8-6-10(13)14-16-8/h3-6H,1-2H3,(H2,13,14). The minimum absolute atomic E-state index is 0.246. The Balaban J connectivity index is 2.12. The van der Waals surface area contributed by atoms with Crippen molar-refractivity contribution in [1.82, 2.24) is 5.16 Å². The third-order valence-corrected chi connectivity index (χ3v) is 3.59. The third kappa shape index (κ3) is 1.76. The second-order valence-corrected chi connectivity index (χ2v) is 5.98. The van der Waals surface area contributed by atoms with E-state index in [0.717, 1.165) is 16.2 Å². The summed E-state index contributed by atoms with van der Waals surface area (Å²) in [6.07, 6.45) is 0. The molecule has 0 unspecified atom stereocenters. The lowest BCUT2D eigenvalue weighted by molar-refractivity contribution is 0.215. The number of hydrogen-bond donors (Lipinski definition) is 1. The van der Waals surface area contributed by atoms with Crippen molar-refractivity contribution in [3.05, 3.63) is 24.3 Å². The lowest BCUT2D eigenvalue weighted by atomic mass is 10.1. The fourth-order valence-corrected chi connectivity index (χ4v) is 2.89. The first kappa shape index (κ1) is 10.5. The molecule has 0 fully saturated rings. The molecule has 1 aliphatic rings. The van der Waals surface area contributed by atoms with Crippen molar-refractivity contribution in [3.8, 4) is 17.1 Å². The molecule has 0 spiro atoms. The van der Waals surface area contributed by atoms with Gasteiger partial charge in [-0.05, 0) is 26.0 Å². The van der Waals surface area contributed by atoms with Gasteiger partial charge in [-0.25, -0.2) is 0 Å². The number of nitrogen functional groups attached to an aromatic ring is 1. The van der Waals surface area contributed by atoms with Crippen LogP contribution in [0.3, 0.4) is 0 Å². The predicted octanol–water partition coefficient (Wildman–Crippen LogP) is 3.14. The van der Waals surface area contributed by atoms with Crippen LogP contribution in [0.1, 0.15) is 13.8 Å². The first-order valence-corrected chi connectivity index (χ1v) is 6.10. The molecule has 0 saturated heterocycles. The van der Waals surface area contributed by atoms with Crippen LogP contribution in [0.25, 0.3) is 11.3 Å².